The highest BCUT2D eigenvalue weighted by atomic mass is 19.1. The first kappa shape index (κ1) is 13.7. The quantitative estimate of drug-likeness (QED) is 0.518. The van der Waals surface area contributed by atoms with Crippen LogP contribution in [0.5, 0.6) is 0 Å². The van der Waals surface area contributed by atoms with Gasteiger partial charge in [-0.05, 0) is 24.6 Å². The molecule has 104 valence electrons. The van der Waals surface area contributed by atoms with Gasteiger partial charge in [0.25, 0.3) is 0 Å². The Morgan fingerprint density at radius 1 is 1.30 bits per heavy atom. The average molecular weight is 279 g/mol. The molecule has 7 nitrogen and oxygen atoms in total. The van der Waals surface area contributed by atoms with Crippen molar-refractivity contribution in [3.05, 3.63) is 72.5 Å². The molecule has 0 aliphatic carbocycles. The molecule has 2 rings (SSSR count). The van der Waals surface area contributed by atoms with E-state index in [4.69, 9.17) is 0 Å². The zero-order chi connectivity index (χ0) is 14.9. The molecule has 1 aromatic carbocycles. The molecule has 0 saturated carbocycles. The molecule has 0 bridgehead atoms. The Morgan fingerprint density at radius 3 is 2.45 bits per heavy atom. The number of nitrogens with one attached hydrogen (secondary N) is 1. The van der Waals surface area contributed by atoms with Crippen LogP contribution in [0.4, 0.5) is 10.1 Å². The van der Waals surface area contributed by atoms with Gasteiger partial charge in [0.1, 0.15) is 12.0 Å². The van der Waals surface area contributed by atoms with Gasteiger partial charge in [-0.2, -0.15) is 0 Å². The van der Waals surface area contributed by atoms with E-state index in [1.165, 1.54) is 24.3 Å². The predicted octanol–water partition coefficient (Wildman–Crippen LogP) is 1.19. The van der Waals surface area contributed by atoms with Gasteiger partial charge in [-0.1, -0.05) is 12.1 Å². The maximum Gasteiger partial charge on any atom is 0.339 e. The number of nitrogens with zero attached hydrogens (tertiary/aromatic N) is 2. The first-order valence-corrected chi connectivity index (χ1v) is 5.66. The van der Waals surface area contributed by atoms with Crippen LogP contribution < -0.4 is 11.0 Å². The van der Waals surface area contributed by atoms with Crippen molar-refractivity contribution in [1.29, 1.82) is 0 Å². The second-order valence-corrected chi connectivity index (χ2v) is 4.15. The summed E-state index contributed by atoms with van der Waals surface area (Å²) in [5.41, 5.74) is -2.45. The third-order valence-corrected chi connectivity index (χ3v) is 2.92. The van der Waals surface area contributed by atoms with Crippen molar-refractivity contribution < 1.29 is 9.31 Å². The Kier molecular flexibility index (Phi) is 3.47. The zero-order valence-electron chi connectivity index (χ0n) is 10.4. The molecule has 8 heteroatoms. The average Bonchev–Trinajstić information content (AvgIpc) is 2.41. The molecular formula is C12H10FN3O4. The molecule has 1 N–H and O–H groups in total. The number of aromatic amines is 1. The molecule has 0 aliphatic heterocycles. The number of benzene rings is 1. The predicted molar refractivity (Wildman–Crippen MR) is 68.2 cm³/mol. The molecule has 1 atom stereocenters. The lowest BCUT2D eigenvalue weighted by molar-refractivity contribution is -0.386. The molecule has 2 aromatic rings. The lowest BCUT2D eigenvalue weighted by Crippen LogP contribution is -2.38. The summed E-state index contributed by atoms with van der Waals surface area (Å²) in [6, 6.07) is 4.79. The Morgan fingerprint density at radius 2 is 1.90 bits per heavy atom. The number of H-pyrrole nitrogens is 1. The third-order valence-electron chi connectivity index (χ3n) is 2.92. The first-order chi connectivity index (χ1) is 9.41. The van der Waals surface area contributed by atoms with Crippen LogP contribution in [0, 0.1) is 15.9 Å². The number of rotatable bonds is 3. The smallest absolute Gasteiger partial charge is 0.295 e. The molecular weight excluding hydrogens is 269 g/mol. The Bertz CT molecular complexity index is 764. The fraction of sp³-hybridized carbons (Fsp3) is 0.167. The summed E-state index contributed by atoms with van der Waals surface area (Å²) in [6.07, 6.45) is 0.865. The Labute approximate surface area is 111 Å². The number of halogens is 1. The summed E-state index contributed by atoms with van der Waals surface area (Å²) in [5.74, 6) is -0.425. The van der Waals surface area contributed by atoms with E-state index in [0.717, 1.165) is 10.9 Å². The van der Waals surface area contributed by atoms with Crippen molar-refractivity contribution in [1.82, 2.24) is 9.78 Å². The van der Waals surface area contributed by atoms with Gasteiger partial charge in [0.05, 0.1) is 11.0 Å². The van der Waals surface area contributed by atoms with E-state index in [0.29, 0.717) is 5.56 Å². The van der Waals surface area contributed by atoms with Gasteiger partial charge in [0.15, 0.2) is 0 Å². The highest BCUT2D eigenvalue weighted by Crippen LogP contribution is 2.15. The van der Waals surface area contributed by atoms with E-state index in [2.05, 4.69) is 5.10 Å². The molecule has 0 saturated heterocycles. The van der Waals surface area contributed by atoms with Crippen LogP contribution in [0.1, 0.15) is 18.5 Å². The monoisotopic (exact) mass is 279 g/mol. The number of nitro groups is 1. The fourth-order valence-corrected chi connectivity index (χ4v) is 1.79. The summed E-state index contributed by atoms with van der Waals surface area (Å²) in [5, 5.41) is 13.0. The third kappa shape index (κ3) is 2.35. The summed E-state index contributed by atoms with van der Waals surface area (Å²) >= 11 is 0. The van der Waals surface area contributed by atoms with E-state index in [9.17, 15) is 24.1 Å². The topological polar surface area (TPSA) is 98.0 Å². The van der Waals surface area contributed by atoms with E-state index >= 15 is 0 Å². The van der Waals surface area contributed by atoms with Crippen molar-refractivity contribution >= 4 is 5.69 Å². The van der Waals surface area contributed by atoms with Crippen LogP contribution in [0.15, 0.2) is 40.1 Å². The SMILES string of the molecule is CC(c1ccc(F)cc1)n1[nH]cc([N+](=O)[O-])c(=O)c1=O. The minimum atomic E-state index is -1.19. The van der Waals surface area contributed by atoms with Crippen molar-refractivity contribution in [2.45, 2.75) is 13.0 Å². The summed E-state index contributed by atoms with van der Waals surface area (Å²) in [4.78, 5) is 33.0. The second kappa shape index (κ2) is 5.08. The number of hydrogen-bond acceptors (Lipinski definition) is 4. The van der Waals surface area contributed by atoms with Gasteiger partial charge >= 0.3 is 16.7 Å². The van der Waals surface area contributed by atoms with E-state index < -0.39 is 33.5 Å². The molecule has 0 radical (unpaired) electrons. The van der Waals surface area contributed by atoms with Gasteiger partial charge in [0.2, 0.25) is 0 Å². The van der Waals surface area contributed by atoms with Crippen molar-refractivity contribution in [2.75, 3.05) is 0 Å². The summed E-state index contributed by atoms with van der Waals surface area (Å²) in [6.45, 7) is 1.61. The second-order valence-electron chi connectivity index (χ2n) is 4.15. The Balaban J connectivity index is 2.51. The molecule has 1 aromatic heterocycles. The van der Waals surface area contributed by atoms with Crippen LogP contribution in [-0.2, 0) is 0 Å². The van der Waals surface area contributed by atoms with Crippen LogP contribution in [0.3, 0.4) is 0 Å². The van der Waals surface area contributed by atoms with Gasteiger partial charge in [0, 0.05) is 0 Å². The molecule has 1 heterocycles. The first-order valence-electron chi connectivity index (χ1n) is 5.66. The molecule has 0 amide bonds. The number of hydrogen-bond donors (Lipinski definition) is 1. The summed E-state index contributed by atoms with van der Waals surface area (Å²) < 4.78 is 13.8. The van der Waals surface area contributed by atoms with Crippen LogP contribution in [-0.4, -0.2) is 14.7 Å². The molecule has 0 spiro atoms. The van der Waals surface area contributed by atoms with Gasteiger partial charge < -0.3 is 0 Å². The minimum Gasteiger partial charge on any atom is -0.295 e. The van der Waals surface area contributed by atoms with Crippen LogP contribution in [0.2, 0.25) is 0 Å². The standard InChI is InChI=1S/C12H10FN3O4/c1-7(8-2-4-9(13)5-3-8)15-12(18)11(17)10(6-14-15)16(19)20/h2-7,14H,1H3. The molecule has 20 heavy (non-hydrogen) atoms. The highest BCUT2D eigenvalue weighted by molar-refractivity contribution is 5.24. The lowest BCUT2D eigenvalue weighted by atomic mass is 10.1. The fourth-order valence-electron chi connectivity index (χ4n) is 1.79. The molecule has 0 aliphatic rings. The number of aromatic nitrogens is 2. The van der Waals surface area contributed by atoms with Gasteiger partial charge in [-0.3, -0.25) is 24.8 Å². The van der Waals surface area contributed by atoms with E-state index in [1.54, 1.807) is 6.92 Å². The molecule has 1 unspecified atom stereocenters. The van der Waals surface area contributed by atoms with Crippen LogP contribution in [0.25, 0.3) is 0 Å². The van der Waals surface area contributed by atoms with Gasteiger partial charge in [-0.15, -0.1) is 0 Å². The largest absolute Gasteiger partial charge is 0.339 e. The van der Waals surface area contributed by atoms with Crippen LogP contribution >= 0.6 is 0 Å². The van der Waals surface area contributed by atoms with Crippen molar-refractivity contribution in [3.63, 3.8) is 0 Å². The maximum absolute atomic E-state index is 12.8. The normalized spacial score (nSPS) is 12.1. The highest BCUT2D eigenvalue weighted by Gasteiger charge is 2.19. The van der Waals surface area contributed by atoms with E-state index in [1.807, 2.05) is 0 Å². The molecule has 0 fully saturated rings. The van der Waals surface area contributed by atoms with Gasteiger partial charge in [-0.25, -0.2) is 9.07 Å². The maximum atomic E-state index is 12.8. The van der Waals surface area contributed by atoms with Crippen molar-refractivity contribution in [2.24, 2.45) is 0 Å². The zero-order valence-corrected chi connectivity index (χ0v) is 10.4. The minimum absolute atomic E-state index is 0.425. The summed E-state index contributed by atoms with van der Waals surface area (Å²) in [7, 11) is 0. The Hall–Kier alpha value is -2.77. The lowest BCUT2D eigenvalue weighted by Gasteiger charge is -2.14. The van der Waals surface area contributed by atoms with Crippen molar-refractivity contribution in [3.8, 4) is 0 Å². The van der Waals surface area contributed by atoms with E-state index in [-0.39, 0.29) is 0 Å².